The summed E-state index contributed by atoms with van der Waals surface area (Å²) in [6.07, 6.45) is -0.691. The summed E-state index contributed by atoms with van der Waals surface area (Å²) in [6.45, 7) is 3.44. The van der Waals surface area contributed by atoms with Crippen LogP contribution in [-0.4, -0.2) is 48.3 Å². The lowest BCUT2D eigenvalue weighted by atomic mass is 10.2. The van der Waals surface area contributed by atoms with Crippen molar-refractivity contribution in [3.8, 4) is 5.75 Å². The first kappa shape index (κ1) is 14.7. The number of carbonyl (C=O) groups is 1. The molecule has 1 aliphatic rings. The molecule has 1 unspecified atom stereocenters. The topological polar surface area (TPSA) is 59.0 Å². The van der Waals surface area contributed by atoms with Crippen LogP contribution in [-0.2, 0) is 16.1 Å². The van der Waals surface area contributed by atoms with E-state index in [9.17, 15) is 14.3 Å². The van der Waals surface area contributed by atoms with Crippen LogP contribution in [0.3, 0.4) is 0 Å². The smallest absolute Gasteiger partial charge is 0.263 e. The number of morpholine rings is 1. The average Bonchev–Trinajstić information content (AvgIpc) is 2.49. The second-order valence-electron chi connectivity index (χ2n) is 4.61. The summed E-state index contributed by atoms with van der Waals surface area (Å²) in [5.74, 6) is -0.266. The minimum absolute atomic E-state index is 0.137. The molecular formula is C14H18FNO4. The molecule has 0 aromatic heterocycles. The van der Waals surface area contributed by atoms with Gasteiger partial charge in [0.15, 0.2) is 6.10 Å². The zero-order chi connectivity index (χ0) is 14.5. The average molecular weight is 283 g/mol. The minimum atomic E-state index is -0.691. The third kappa shape index (κ3) is 3.46. The Morgan fingerprint density at radius 3 is 2.85 bits per heavy atom. The molecule has 2 rings (SSSR count). The Morgan fingerprint density at radius 2 is 2.20 bits per heavy atom. The van der Waals surface area contributed by atoms with Crippen molar-refractivity contribution in [2.75, 3.05) is 26.3 Å². The molecule has 1 atom stereocenters. The number of nitrogens with zero attached hydrogens (tertiary/aromatic N) is 1. The van der Waals surface area contributed by atoms with Gasteiger partial charge in [0.1, 0.15) is 11.6 Å². The Morgan fingerprint density at radius 1 is 1.50 bits per heavy atom. The number of benzene rings is 1. The third-order valence-corrected chi connectivity index (χ3v) is 3.17. The Bertz CT molecular complexity index is 474. The molecule has 6 heteroatoms. The van der Waals surface area contributed by atoms with Gasteiger partial charge in [0.2, 0.25) is 0 Å². The van der Waals surface area contributed by atoms with Gasteiger partial charge in [-0.2, -0.15) is 0 Å². The highest BCUT2D eigenvalue weighted by molar-refractivity contribution is 5.81. The number of hydrogen-bond donors (Lipinski definition) is 1. The summed E-state index contributed by atoms with van der Waals surface area (Å²) in [4.78, 5) is 13.9. The molecular weight excluding hydrogens is 265 g/mol. The van der Waals surface area contributed by atoms with Gasteiger partial charge in [-0.05, 0) is 25.1 Å². The van der Waals surface area contributed by atoms with Crippen molar-refractivity contribution in [1.29, 1.82) is 0 Å². The van der Waals surface area contributed by atoms with E-state index in [1.807, 2.05) is 0 Å². The fourth-order valence-corrected chi connectivity index (χ4v) is 2.07. The zero-order valence-electron chi connectivity index (χ0n) is 11.3. The molecule has 0 saturated carbocycles. The molecule has 5 nitrogen and oxygen atoms in total. The minimum Gasteiger partial charge on any atom is -0.481 e. The molecule has 110 valence electrons. The van der Waals surface area contributed by atoms with Crippen LogP contribution >= 0.6 is 0 Å². The zero-order valence-corrected chi connectivity index (χ0v) is 11.3. The second kappa shape index (κ2) is 6.67. The van der Waals surface area contributed by atoms with E-state index in [-0.39, 0.29) is 12.5 Å². The summed E-state index contributed by atoms with van der Waals surface area (Å²) < 4.78 is 23.8. The van der Waals surface area contributed by atoms with E-state index in [0.29, 0.717) is 37.6 Å². The third-order valence-electron chi connectivity index (χ3n) is 3.17. The van der Waals surface area contributed by atoms with Crippen molar-refractivity contribution in [3.05, 3.63) is 29.6 Å². The van der Waals surface area contributed by atoms with Crippen LogP contribution in [0.25, 0.3) is 0 Å². The van der Waals surface area contributed by atoms with E-state index in [1.165, 1.54) is 18.2 Å². The van der Waals surface area contributed by atoms with E-state index in [0.717, 1.165) is 0 Å². The number of halogens is 1. The van der Waals surface area contributed by atoms with Crippen LogP contribution in [0.2, 0.25) is 0 Å². The fourth-order valence-electron chi connectivity index (χ4n) is 2.07. The molecule has 1 heterocycles. The molecule has 1 saturated heterocycles. The maximum atomic E-state index is 13.1. The highest BCUT2D eigenvalue weighted by Gasteiger charge is 2.24. The second-order valence-corrected chi connectivity index (χ2v) is 4.61. The Hall–Kier alpha value is -1.66. The van der Waals surface area contributed by atoms with Crippen molar-refractivity contribution in [3.63, 3.8) is 0 Å². The van der Waals surface area contributed by atoms with Gasteiger partial charge in [-0.15, -0.1) is 0 Å². The Kier molecular flexibility index (Phi) is 4.92. The number of aliphatic hydroxyl groups is 1. The highest BCUT2D eigenvalue weighted by atomic mass is 19.1. The first-order valence-corrected chi connectivity index (χ1v) is 6.54. The fraction of sp³-hybridized carbons (Fsp3) is 0.500. The van der Waals surface area contributed by atoms with Crippen LogP contribution in [0.4, 0.5) is 4.39 Å². The van der Waals surface area contributed by atoms with Gasteiger partial charge in [-0.3, -0.25) is 4.79 Å². The lowest BCUT2D eigenvalue weighted by Gasteiger charge is -2.29. The van der Waals surface area contributed by atoms with E-state index < -0.39 is 11.9 Å². The van der Waals surface area contributed by atoms with E-state index >= 15 is 0 Å². The van der Waals surface area contributed by atoms with Crippen LogP contribution in [0.1, 0.15) is 12.5 Å². The van der Waals surface area contributed by atoms with Gasteiger partial charge in [0.05, 0.1) is 19.8 Å². The van der Waals surface area contributed by atoms with Gasteiger partial charge < -0.3 is 19.5 Å². The molecule has 1 N–H and O–H groups in total. The number of hydrogen-bond acceptors (Lipinski definition) is 4. The number of aliphatic hydroxyl groups excluding tert-OH is 1. The van der Waals surface area contributed by atoms with E-state index in [2.05, 4.69) is 0 Å². The molecule has 0 radical (unpaired) electrons. The molecule has 1 fully saturated rings. The molecule has 1 aliphatic heterocycles. The molecule has 0 spiro atoms. The lowest BCUT2D eigenvalue weighted by Crippen LogP contribution is -2.46. The van der Waals surface area contributed by atoms with Crippen LogP contribution in [0.15, 0.2) is 18.2 Å². The van der Waals surface area contributed by atoms with Gasteiger partial charge in [-0.25, -0.2) is 4.39 Å². The summed E-state index contributed by atoms with van der Waals surface area (Å²) >= 11 is 0. The summed E-state index contributed by atoms with van der Waals surface area (Å²) in [5.41, 5.74) is 0.326. The van der Waals surface area contributed by atoms with Crippen molar-refractivity contribution >= 4 is 5.91 Å². The standard InChI is InChI=1S/C14H18FNO4/c1-10(14(18)16-4-6-19-7-5-16)20-13-3-2-12(15)8-11(13)9-17/h2-3,8,10,17H,4-7,9H2,1H3. The summed E-state index contributed by atoms with van der Waals surface area (Å²) in [6, 6.07) is 3.85. The van der Waals surface area contributed by atoms with Crippen molar-refractivity contribution < 1.29 is 23.8 Å². The van der Waals surface area contributed by atoms with E-state index in [4.69, 9.17) is 9.47 Å². The molecule has 0 aliphatic carbocycles. The number of carbonyl (C=O) groups excluding carboxylic acids is 1. The van der Waals surface area contributed by atoms with Crippen LogP contribution in [0, 0.1) is 5.82 Å². The first-order chi connectivity index (χ1) is 9.61. The molecule has 0 bridgehead atoms. The van der Waals surface area contributed by atoms with Gasteiger partial charge in [0.25, 0.3) is 5.91 Å². The summed E-state index contributed by atoms with van der Waals surface area (Å²) in [7, 11) is 0. The van der Waals surface area contributed by atoms with Gasteiger partial charge in [-0.1, -0.05) is 0 Å². The number of amides is 1. The highest BCUT2D eigenvalue weighted by Crippen LogP contribution is 2.21. The maximum absolute atomic E-state index is 13.1. The number of rotatable bonds is 4. The summed E-state index contributed by atoms with van der Waals surface area (Å²) in [5, 5.41) is 9.18. The molecule has 1 amide bonds. The first-order valence-electron chi connectivity index (χ1n) is 6.54. The normalized spacial score (nSPS) is 16.9. The Labute approximate surface area is 116 Å². The van der Waals surface area contributed by atoms with E-state index in [1.54, 1.807) is 11.8 Å². The van der Waals surface area contributed by atoms with Gasteiger partial charge in [0, 0.05) is 18.7 Å². The van der Waals surface area contributed by atoms with Crippen molar-refractivity contribution in [2.45, 2.75) is 19.6 Å². The predicted molar refractivity (Wildman–Crippen MR) is 69.8 cm³/mol. The molecule has 1 aromatic carbocycles. The maximum Gasteiger partial charge on any atom is 0.263 e. The number of ether oxygens (including phenoxy) is 2. The Balaban J connectivity index is 2.03. The molecule has 1 aromatic rings. The van der Waals surface area contributed by atoms with Gasteiger partial charge >= 0.3 is 0 Å². The van der Waals surface area contributed by atoms with Crippen LogP contribution < -0.4 is 4.74 Å². The van der Waals surface area contributed by atoms with Crippen molar-refractivity contribution in [1.82, 2.24) is 4.90 Å². The van der Waals surface area contributed by atoms with Crippen molar-refractivity contribution in [2.24, 2.45) is 0 Å². The lowest BCUT2D eigenvalue weighted by molar-refractivity contribution is -0.142. The monoisotopic (exact) mass is 283 g/mol. The predicted octanol–water partition coefficient (Wildman–Crippen LogP) is 0.944. The molecule has 20 heavy (non-hydrogen) atoms. The SMILES string of the molecule is CC(Oc1ccc(F)cc1CO)C(=O)N1CCOCC1. The van der Waals surface area contributed by atoms with Crippen LogP contribution in [0.5, 0.6) is 5.75 Å². The quantitative estimate of drug-likeness (QED) is 0.893. The largest absolute Gasteiger partial charge is 0.481 e.